The van der Waals surface area contributed by atoms with Gasteiger partial charge in [-0.15, -0.1) is 11.3 Å². The predicted molar refractivity (Wildman–Crippen MR) is 125 cm³/mol. The highest BCUT2D eigenvalue weighted by molar-refractivity contribution is 8.24. The Morgan fingerprint density at radius 3 is 2.78 bits per heavy atom. The molecule has 1 aliphatic rings. The number of aryl methyl sites for hydroxylation is 1. The molecule has 4 aromatic heterocycles. The van der Waals surface area contributed by atoms with Crippen molar-refractivity contribution in [2.75, 3.05) is 11.5 Å². The molecule has 0 radical (unpaired) electrons. The molecule has 0 spiro atoms. The predicted octanol–water partition coefficient (Wildman–Crippen LogP) is 2.44. The van der Waals surface area contributed by atoms with Gasteiger partial charge in [-0.3, -0.25) is 18.6 Å². The molecular weight excluding hydrogens is 450 g/mol. The van der Waals surface area contributed by atoms with Gasteiger partial charge in [0, 0.05) is 60.2 Å². The quantitative estimate of drug-likeness (QED) is 0.356. The molecule has 1 saturated heterocycles. The zero-order chi connectivity index (χ0) is 22.5. The van der Waals surface area contributed by atoms with Crippen LogP contribution in [0.1, 0.15) is 16.1 Å². The number of nitrogens with zero attached hydrogens (tertiary/aromatic N) is 5. The maximum absolute atomic E-state index is 12.8. The van der Waals surface area contributed by atoms with E-state index < -0.39 is 16.6 Å². The lowest BCUT2D eigenvalue weighted by Crippen LogP contribution is -2.53. The van der Waals surface area contributed by atoms with Crippen LogP contribution < -0.4 is 11.1 Å². The number of hydrogen-bond donors (Lipinski definition) is 4. The van der Waals surface area contributed by atoms with Gasteiger partial charge in [-0.05, 0) is 23.4 Å². The van der Waals surface area contributed by atoms with E-state index in [1.54, 1.807) is 27.8 Å². The van der Waals surface area contributed by atoms with E-state index in [1.807, 2.05) is 30.9 Å². The third kappa shape index (κ3) is 4.02. The molecule has 0 bridgehead atoms. The highest BCUT2D eigenvalue weighted by Crippen LogP contribution is 2.43. The molecule has 5 N–H and O–H groups in total. The first-order valence-electron chi connectivity index (χ1n) is 10.0. The second-order valence-corrected chi connectivity index (χ2v) is 11.2. The third-order valence-corrected chi connectivity index (χ3v) is 8.31. The first-order chi connectivity index (χ1) is 15.3. The molecule has 0 aromatic carbocycles. The summed E-state index contributed by atoms with van der Waals surface area (Å²) in [4.78, 5) is 17.9. The lowest BCUT2D eigenvalue weighted by atomic mass is 10.1. The zero-order valence-corrected chi connectivity index (χ0v) is 18.9. The Labute approximate surface area is 189 Å². The summed E-state index contributed by atoms with van der Waals surface area (Å²) < 4.78 is 23.1. The van der Waals surface area contributed by atoms with Gasteiger partial charge >= 0.3 is 0 Å². The average Bonchev–Trinajstić information content (AvgIpc) is 3.48. The average molecular weight is 474 g/mol. The Morgan fingerprint density at radius 1 is 1.22 bits per heavy atom. The highest BCUT2D eigenvalue weighted by Gasteiger charge is 2.32. The number of amides is 1. The van der Waals surface area contributed by atoms with Crippen LogP contribution in [0, 0.1) is 0 Å². The molecule has 32 heavy (non-hydrogen) atoms. The fraction of sp³-hybridized carbons (Fsp3) is 0.300. The fourth-order valence-corrected chi connectivity index (χ4v) is 6.31. The van der Waals surface area contributed by atoms with Gasteiger partial charge in [0.25, 0.3) is 5.91 Å². The van der Waals surface area contributed by atoms with E-state index in [9.17, 15) is 13.9 Å². The number of nitrogens with two attached hydrogens (primary N) is 1. The normalized spacial score (nSPS) is 21.5. The van der Waals surface area contributed by atoms with Gasteiger partial charge in [-0.2, -0.15) is 20.8 Å². The molecule has 4 aromatic rings. The number of thiophene rings is 1. The van der Waals surface area contributed by atoms with Crippen molar-refractivity contribution in [2.45, 2.75) is 18.5 Å². The maximum Gasteiger partial charge on any atom is 0.261 e. The highest BCUT2D eigenvalue weighted by atomic mass is 32.3. The summed E-state index contributed by atoms with van der Waals surface area (Å²) in [5.41, 5.74) is 10.3. The summed E-state index contributed by atoms with van der Waals surface area (Å²) >= 11 is 1.33. The van der Waals surface area contributed by atoms with E-state index >= 15 is 0 Å². The minimum Gasteiger partial charge on any atom is -0.347 e. The van der Waals surface area contributed by atoms with E-state index in [2.05, 4.69) is 20.5 Å². The second kappa shape index (κ2) is 7.98. The number of rotatable bonds is 4. The second-order valence-electron chi connectivity index (χ2n) is 7.98. The molecular formula is C20H23N7O3S2. The summed E-state index contributed by atoms with van der Waals surface area (Å²) in [6, 6.07) is 1.06. The SMILES string of the molecule is Cn1cc(-c2cnc3c(-c4csc(C(=O)N[C@H]5CCS(O)(O)C[C@@H]5N)c4)cnn3c2)cn1. The lowest BCUT2D eigenvalue weighted by Gasteiger charge is -2.42. The first-order valence-corrected chi connectivity index (χ1v) is 12.8. The lowest BCUT2D eigenvalue weighted by molar-refractivity contribution is 0.0933. The van der Waals surface area contributed by atoms with Gasteiger partial charge in [0.1, 0.15) is 0 Å². The van der Waals surface area contributed by atoms with Gasteiger partial charge in [0.2, 0.25) is 0 Å². The van der Waals surface area contributed by atoms with E-state index in [0.717, 1.165) is 22.3 Å². The van der Waals surface area contributed by atoms with Gasteiger partial charge in [0.15, 0.2) is 5.65 Å². The van der Waals surface area contributed by atoms with Crippen LogP contribution in [-0.2, 0) is 7.05 Å². The standard InChI is InChI=1S/C20H23N7O3S2/c1-26-8-14(6-23-26)13-5-22-19-15(7-24-27(19)9-13)12-4-18(31-10-12)20(28)25-17-2-3-32(29,30)11-16(17)21/h4-10,16-17,29-30H,2-3,11,21H2,1H3,(H,25,28)/t16-,17-/m0/s1. The van der Waals surface area contributed by atoms with Crippen LogP contribution in [0.2, 0.25) is 0 Å². The fourth-order valence-electron chi connectivity index (χ4n) is 3.85. The molecule has 0 saturated carbocycles. The summed E-state index contributed by atoms with van der Waals surface area (Å²) in [5.74, 6) is 0.155. The van der Waals surface area contributed by atoms with E-state index in [4.69, 9.17) is 5.73 Å². The summed E-state index contributed by atoms with van der Waals surface area (Å²) in [6.45, 7) is 0. The van der Waals surface area contributed by atoms with Crippen LogP contribution in [-0.4, -0.2) is 63.0 Å². The van der Waals surface area contributed by atoms with Crippen LogP contribution >= 0.6 is 21.9 Å². The van der Waals surface area contributed by atoms with Crippen molar-refractivity contribution in [3.05, 3.63) is 47.3 Å². The van der Waals surface area contributed by atoms with Gasteiger partial charge in [0.05, 0.1) is 23.0 Å². The number of carbonyl (C=O) groups is 1. The van der Waals surface area contributed by atoms with Crippen LogP contribution in [0.4, 0.5) is 0 Å². The Kier molecular flexibility index (Phi) is 5.26. The van der Waals surface area contributed by atoms with Crippen LogP contribution in [0.25, 0.3) is 27.9 Å². The monoisotopic (exact) mass is 473 g/mol. The molecule has 1 fully saturated rings. The van der Waals surface area contributed by atoms with Crippen molar-refractivity contribution in [3.8, 4) is 22.3 Å². The summed E-state index contributed by atoms with van der Waals surface area (Å²) in [7, 11) is -0.764. The maximum atomic E-state index is 12.8. The van der Waals surface area contributed by atoms with Crippen molar-refractivity contribution in [2.24, 2.45) is 12.8 Å². The van der Waals surface area contributed by atoms with Crippen LogP contribution in [0.5, 0.6) is 0 Å². The van der Waals surface area contributed by atoms with E-state index in [1.165, 1.54) is 11.3 Å². The van der Waals surface area contributed by atoms with Crippen molar-refractivity contribution in [1.29, 1.82) is 0 Å². The van der Waals surface area contributed by atoms with Crippen molar-refractivity contribution in [1.82, 2.24) is 29.7 Å². The minimum atomic E-state index is -2.63. The molecule has 0 aliphatic carbocycles. The molecule has 1 aliphatic heterocycles. The van der Waals surface area contributed by atoms with Crippen LogP contribution in [0.15, 0.2) is 42.4 Å². The van der Waals surface area contributed by atoms with Crippen molar-refractivity contribution in [3.63, 3.8) is 0 Å². The van der Waals surface area contributed by atoms with Gasteiger partial charge in [-0.25, -0.2) is 9.50 Å². The third-order valence-electron chi connectivity index (χ3n) is 5.58. The number of carbonyl (C=O) groups excluding carboxylic acids is 1. The topological polar surface area (TPSA) is 144 Å². The number of nitrogens with one attached hydrogen (secondary N) is 1. The smallest absolute Gasteiger partial charge is 0.261 e. The minimum absolute atomic E-state index is 0.114. The van der Waals surface area contributed by atoms with Crippen molar-refractivity contribution >= 4 is 33.5 Å². The molecule has 10 nitrogen and oxygen atoms in total. The molecule has 0 unspecified atom stereocenters. The molecule has 2 atom stereocenters. The first kappa shape index (κ1) is 21.1. The molecule has 12 heteroatoms. The largest absolute Gasteiger partial charge is 0.347 e. The summed E-state index contributed by atoms with van der Waals surface area (Å²) in [6.07, 6.45) is 9.56. The molecule has 168 valence electrons. The summed E-state index contributed by atoms with van der Waals surface area (Å²) in [5, 5.41) is 13.5. The van der Waals surface area contributed by atoms with Crippen molar-refractivity contribution < 1.29 is 13.9 Å². The number of hydrogen-bond acceptors (Lipinski definition) is 8. The zero-order valence-electron chi connectivity index (χ0n) is 17.3. The Hall–Kier alpha value is -2.77. The van der Waals surface area contributed by atoms with Gasteiger partial charge < -0.3 is 11.1 Å². The van der Waals surface area contributed by atoms with Gasteiger partial charge in [-0.1, -0.05) is 0 Å². The Morgan fingerprint density at radius 2 is 2.03 bits per heavy atom. The van der Waals surface area contributed by atoms with E-state index in [0.29, 0.717) is 16.9 Å². The number of aromatic nitrogens is 5. The Bertz CT molecular complexity index is 1300. The molecule has 5 rings (SSSR count). The Balaban J connectivity index is 1.34. The molecule has 1 amide bonds. The molecule has 5 heterocycles. The van der Waals surface area contributed by atoms with Crippen LogP contribution in [0.3, 0.4) is 0 Å². The number of fused-ring (bicyclic) bond motifs is 1. The van der Waals surface area contributed by atoms with E-state index in [-0.39, 0.29) is 23.5 Å².